The van der Waals surface area contributed by atoms with Crippen LogP contribution in [0.3, 0.4) is 0 Å². The number of hydrogen-bond acceptors (Lipinski definition) is 1. The van der Waals surface area contributed by atoms with Gasteiger partial charge in [-0.3, -0.25) is 0 Å². The Balaban J connectivity index is 2.30. The van der Waals surface area contributed by atoms with Gasteiger partial charge in [-0.2, -0.15) is 0 Å². The van der Waals surface area contributed by atoms with E-state index in [1.807, 2.05) is 6.07 Å². The fourth-order valence-corrected chi connectivity index (χ4v) is 2.44. The molecule has 19 heavy (non-hydrogen) atoms. The summed E-state index contributed by atoms with van der Waals surface area (Å²) in [7, 11) is 0. The van der Waals surface area contributed by atoms with Crippen molar-refractivity contribution in [3.63, 3.8) is 0 Å². The van der Waals surface area contributed by atoms with Crippen molar-refractivity contribution in [3.8, 4) is 0 Å². The summed E-state index contributed by atoms with van der Waals surface area (Å²) in [5.41, 5.74) is -0.0849. The van der Waals surface area contributed by atoms with Crippen LogP contribution in [0, 0.1) is 11.6 Å². The van der Waals surface area contributed by atoms with E-state index in [-0.39, 0.29) is 6.42 Å². The van der Waals surface area contributed by atoms with Gasteiger partial charge >= 0.3 is 0 Å². The highest BCUT2D eigenvalue weighted by Crippen LogP contribution is 2.27. The molecule has 0 spiro atoms. The zero-order valence-corrected chi connectivity index (χ0v) is 11.9. The summed E-state index contributed by atoms with van der Waals surface area (Å²) in [6.45, 7) is 1.62. The third-order valence-electron chi connectivity index (χ3n) is 2.92. The van der Waals surface area contributed by atoms with E-state index in [0.717, 1.165) is 10.5 Å². The van der Waals surface area contributed by atoms with Gasteiger partial charge < -0.3 is 5.11 Å². The molecule has 2 rings (SSSR count). The summed E-state index contributed by atoms with van der Waals surface area (Å²) < 4.78 is 27.1. The minimum absolute atomic E-state index is 0.137. The number of rotatable bonds is 3. The van der Waals surface area contributed by atoms with Gasteiger partial charge in [0, 0.05) is 17.0 Å². The standard InChI is InChI=1S/C15H13BrF2O/c1-15(19,11-3-2-4-12(16)7-11)9-10-5-13(17)8-14(18)6-10/h2-8,19H,9H2,1H3. The molecular formula is C15H13BrF2O. The molecule has 0 aliphatic carbocycles. The predicted molar refractivity (Wildman–Crippen MR) is 73.8 cm³/mol. The molecule has 4 heteroatoms. The normalized spacial score (nSPS) is 14.2. The molecule has 2 aromatic carbocycles. The van der Waals surface area contributed by atoms with E-state index >= 15 is 0 Å². The van der Waals surface area contributed by atoms with Gasteiger partial charge in [-0.15, -0.1) is 0 Å². The van der Waals surface area contributed by atoms with Crippen LogP contribution in [0.15, 0.2) is 46.9 Å². The molecule has 0 radical (unpaired) electrons. The Morgan fingerprint density at radius 1 is 1.11 bits per heavy atom. The Morgan fingerprint density at radius 2 is 1.74 bits per heavy atom. The molecule has 0 bridgehead atoms. The number of benzene rings is 2. The molecule has 0 saturated heterocycles. The predicted octanol–water partition coefficient (Wildman–Crippen LogP) is 4.18. The second kappa shape index (κ2) is 5.39. The van der Waals surface area contributed by atoms with E-state index in [1.165, 1.54) is 12.1 Å². The lowest BCUT2D eigenvalue weighted by Gasteiger charge is -2.24. The Morgan fingerprint density at radius 3 is 2.32 bits per heavy atom. The lowest BCUT2D eigenvalue weighted by molar-refractivity contribution is 0.0574. The highest BCUT2D eigenvalue weighted by Gasteiger charge is 2.24. The smallest absolute Gasteiger partial charge is 0.126 e. The van der Waals surface area contributed by atoms with Gasteiger partial charge in [0.15, 0.2) is 0 Å². The number of hydrogen-bond donors (Lipinski definition) is 1. The van der Waals surface area contributed by atoms with Crippen molar-refractivity contribution in [2.24, 2.45) is 0 Å². The molecule has 2 aromatic rings. The highest BCUT2D eigenvalue weighted by atomic mass is 79.9. The maximum atomic E-state index is 13.1. The largest absolute Gasteiger partial charge is 0.385 e. The highest BCUT2D eigenvalue weighted by molar-refractivity contribution is 9.10. The van der Waals surface area contributed by atoms with Crippen molar-refractivity contribution in [1.82, 2.24) is 0 Å². The molecule has 0 aliphatic rings. The van der Waals surface area contributed by atoms with E-state index in [1.54, 1.807) is 25.1 Å². The first-order valence-corrected chi connectivity index (χ1v) is 6.59. The van der Waals surface area contributed by atoms with Crippen LogP contribution in [0.1, 0.15) is 18.1 Å². The topological polar surface area (TPSA) is 20.2 Å². The number of halogens is 3. The zero-order valence-electron chi connectivity index (χ0n) is 10.3. The first-order valence-electron chi connectivity index (χ1n) is 5.80. The van der Waals surface area contributed by atoms with Gasteiger partial charge in [0.1, 0.15) is 11.6 Å². The first-order chi connectivity index (χ1) is 8.87. The summed E-state index contributed by atoms with van der Waals surface area (Å²) in [5, 5.41) is 10.5. The molecular weight excluding hydrogens is 314 g/mol. The fraction of sp³-hybridized carbons (Fsp3) is 0.200. The maximum absolute atomic E-state index is 13.1. The van der Waals surface area contributed by atoms with Gasteiger partial charge in [0.25, 0.3) is 0 Å². The zero-order chi connectivity index (χ0) is 14.0. The van der Waals surface area contributed by atoms with Crippen LogP contribution >= 0.6 is 15.9 Å². The van der Waals surface area contributed by atoms with Gasteiger partial charge in [-0.1, -0.05) is 28.1 Å². The Bertz CT molecular complexity index is 576. The van der Waals surface area contributed by atoms with Crippen LogP contribution < -0.4 is 0 Å². The maximum Gasteiger partial charge on any atom is 0.126 e. The average Bonchev–Trinajstić information content (AvgIpc) is 2.26. The van der Waals surface area contributed by atoms with Crippen molar-refractivity contribution < 1.29 is 13.9 Å². The Hall–Kier alpha value is -1.26. The lowest BCUT2D eigenvalue weighted by atomic mass is 9.89. The summed E-state index contributed by atoms with van der Waals surface area (Å²) in [5.74, 6) is -1.28. The van der Waals surface area contributed by atoms with Crippen LogP contribution in [0.4, 0.5) is 8.78 Å². The summed E-state index contributed by atoms with van der Waals surface area (Å²) in [6.07, 6.45) is 0.137. The second-order valence-corrected chi connectivity index (χ2v) is 5.65. The summed E-state index contributed by atoms with van der Waals surface area (Å²) >= 11 is 3.33. The van der Waals surface area contributed by atoms with Gasteiger partial charge in [0.05, 0.1) is 5.60 Å². The molecule has 0 fully saturated rings. The van der Waals surface area contributed by atoms with Crippen LogP contribution in [0.2, 0.25) is 0 Å². The first kappa shape index (κ1) is 14.2. The molecule has 0 aliphatic heterocycles. The third kappa shape index (κ3) is 3.61. The van der Waals surface area contributed by atoms with E-state index in [9.17, 15) is 13.9 Å². The SMILES string of the molecule is CC(O)(Cc1cc(F)cc(F)c1)c1cccc(Br)c1. The third-order valence-corrected chi connectivity index (χ3v) is 3.41. The van der Waals surface area contributed by atoms with E-state index in [4.69, 9.17) is 0 Å². The molecule has 1 nitrogen and oxygen atoms in total. The minimum atomic E-state index is -1.19. The van der Waals surface area contributed by atoms with E-state index in [2.05, 4.69) is 15.9 Å². The quantitative estimate of drug-likeness (QED) is 0.897. The lowest BCUT2D eigenvalue weighted by Crippen LogP contribution is -2.24. The molecule has 1 atom stereocenters. The van der Waals surface area contributed by atoms with Crippen molar-refractivity contribution in [2.75, 3.05) is 0 Å². The monoisotopic (exact) mass is 326 g/mol. The average molecular weight is 327 g/mol. The van der Waals surface area contributed by atoms with Crippen LogP contribution in [0.5, 0.6) is 0 Å². The van der Waals surface area contributed by atoms with Crippen molar-refractivity contribution in [2.45, 2.75) is 18.9 Å². The molecule has 1 unspecified atom stereocenters. The molecule has 100 valence electrons. The minimum Gasteiger partial charge on any atom is -0.385 e. The fourth-order valence-electron chi connectivity index (χ4n) is 2.04. The van der Waals surface area contributed by atoms with Crippen LogP contribution in [0.25, 0.3) is 0 Å². The van der Waals surface area contributed by atoms with Gasteiger partial charge in [-0.25, -0.2) is 8.78 Å². The number of aliphatic hydroxyl groups is 1. The van der Waals surface area contributed by atoms with Crippen LogP contribution in [-0.4, -0.2) is 5.11 Å². The van der Waals surface area contributed by atoms with Crippen molar-refractivity contribution in [3.05, 3.63) is 69.7 Å². The molecule has 0 amide bonds. The van der Waals surface area contributed by atoms with E-state index < -0.39 is 17.2 Å². The van der Waals surface area contributed by atoms with Crippen LogP contribution in [-0.2, 0) is 12.0 Å². The molecule has 0 aromatic heterocycles. The summed E-state index contributed by atoms with van der Waals surface area (Å²) in [6, 6.07) is 10.5. The Kier molecular flexibility index (Phi) is 4.02. The molecule has 0 saturated carbocycles. The Labute approximate surface area is 119 Å². The molecule has 0 heterocycles. The summed E-state index contributed by atoms with van der Waals surface area (Å²) in [4.78, 5) is 0. The van der Waals surface area contributed by atoms with E-state index in [0.29, 0.717) is 11.1 Å². The second-order valence-electron chi connectivity index (χ2n) is 4.74. The van der Waals surface area contributed by atoms with Crippen molar-refractivity contribution >= 4 is 15.9 Å². The van der Waals surface area contributed by atoms with Crippen molar-refractivity contribution in [1.29, 1.82) is 0 Å². The van der Waals surface area contributed by atoms with Gasteiger partial charge in [0.2, 0.25) is 0 Å². The van der Waals surface area contributed by atoms with Gasteiger partial charge in [-0.05, 0) is 42.3 Å². The molecule has 1 N–H and O–H groups in total.